The van der Waals surface area contributed by atoms with E-state index in [2.05, 4.69) is 5.32 Å². The zero-order valence-electron chi connectivity index (χ0n) is 19.3. The van der Waals surface area contributed by atoms with Crippen LogP contribution in [-0.2, 0) is 19.0 Å². The first-order valence-corrected chi connectivity index (χ1v) is 10.8. The Balaban J connectivity index is 1.83. The summed E-state index contributed by atoms with van der Waals surface area (Å²) in [5.41, 5.74) is 1.14. The minimum atomic E-state index is -0.528. The van der Waals surface area contributed by atoms with Gasteiger partial charge in [-0.15, -0.1) is 0 Å². The molecule has 1 N–H and O–H groups in total. The van der Waals surface area contributed by atoms with Gasteiger partial charge in [-0.1, -0.05) is 42.5 Å². The molecule has 0 saturated carbocycles. The minimum Gasteiger partial charge on any atom is -0.491 e. The van der Waals surface area contributed by atoms with Crippen LogP contribution in [0.5, 0.6) is 5.75 Å². The average Bonchev–Trinajstić information content (AvgIpc) is 2.73. The summed E-state index contributed by atoms with van der Waals surface area (Å²) in [4.78, 5) is 24.2. The molecule has 2 aromatic rings. The number of alkyl carbamates (subject to hydrolysis) is 1. The number of ether oxygens (including phenoxy) is 4. The van der Waals surface area contributed by atoms with E-state index in [9.17, 15) is 9.59 Å². The molecule has 1 unspecified atom stereocenters. The number of esters is 1. The Bertz CT molecular complexity index is 847. The van der Waals surface area contributed by atoms with Crippen LogP contribution in [0.2, 0.25) is 0 Å². The lowest BCUT2D eigenvalue weighted by Crippen LogP contribution is -2.34. The van der Waals surface area contributed by atoms with Crippen molar-refractivity contribution in [3.63, 3.8) is 0 Å². The topological polar surface area (TPSA) is 83.1 Å². The Kier molecular flexibility index (Phi) is 10.0. The van der Waals surface area contributed by atoms with Crippen LogP contribution in [0.25, 0.3) is 0 Å². The van der Waals surface area contributed by atoms with Gasteiger partial charge >= 0.3 is 12.1 Å². The summed E-state index contributed by atoms with van der Waals surface area (Å²) in [5.74, 6) is -0.172. The van der Waals surface area contributed by atoms with Gasteiger partial charge in [0.2, 0.25) is 0 Å². The van der Waals surface area contributed by atoms with Gasteiger partial charge in [-0.3, -0.25) is 4.79 Å². The van der Waals surface area contributed by atoms with Crippen LogP contribution in [0.15, 0.2) is 54.6 Å². The van der Waals surface area contributed by atoms with Crippen molar-refractivity contribution in [1.82, 2.24) is 5.32 Å². The summed E-state index contributed by atoms with van der Waals surface area (Å²) in [7, 11) is 0. The lowest BCUT2D eigenvalue weighted by atomic mass is 9.91. The Labute approximate surface area is 190 Å². The minimum absolute atomic E-state index is 0.295. The predicted octanol–water partition coefficient (Wildman–Crippen LogP) is 4.30. The van der Waals surface area contributed by atoms with Crippen molar-refractivity contribution in [2.24, 2.45) is 0 Å². The highest BCUT2D eigenvalue weighted by molar-refractivity contribution is 5.82. The lowest BCUT2D eigenvalue weighted by Gasteiger charge is -2.19. The molecule has 32 heavy (non-hydrogen) atoms. The van der Waals surface area contributed by atoms with Crippen LogP contribution >= 0.6 is 0 Å². The first-order valence-electron chi connectivity index (χ1n) is 10.8. The standard InChI is InChI=1S/C25H33NO6/c1-5-30-23(27)22(19-10-7-6-8-11-19)20-12-9-13-21(18-20)31-17-16-29-15-14-26-24(28)32-25(2,3)4/h6-13,18,22H,5,14-17H2,1-4H3,(H,26,28). The average molecular weight is 444 g/mol. The molecule has 0 aliphatic heterocycles. The normalized spacial score (nSPS) is 12.0. The summed E-state index contributed by atoms with van der Waals surface area (Å²) in [6.07, 6.45) is -0.469. The number of hydrogen-bond acceptors (Lipinski definition) is 6. The monoisotopic (exact) mass is 443 g/mol. The molecule has 0 radical (unpaired) electrons. The first kappa shape index (κ1) is 25.2. The smallest absolute Gasteiger partial charge is 0.407 e. The van der Waals surface area contributed by atoms with E-state index in [0.717, 1.165) is 11.1 Å². The third kappa shape index (κ3) is 8.98. The van der Waals surface area contributed by atoms with E-state index in [4.69, 9.17) is 18.9 Å². The highest BCUT2D eigenvalue weighted by Crippen LogP contribution is 2.28. The Morgan fingerprint density at radius 1 is 0.938 bits per heavy atom. The molecule has 0 saturated heterocycles. The van der Waals surface area contributed by atoms with Crippen molar-refractivity contribution in [3.05, 3.63) is 65.7 Å². The van der Waals surface area contributed by atoms with E-state index in [1.165, 1.54) is 0 Å². The molecule has 7 nitrogen and oxygen atoms in total. The molecule has 2 aromatic carbocycles. The molecule has 1 atom stereocenters. The van der Waals surface area contributed by atoms with Crippen LogP contribution in [0, 0.1) is 0 Å². The van der Waals surface area contributed by atoms with Gasteiger partial charge in [-0.2, -0.15) is 0 Å². The van der Waals surface area contributed by atoms with Crippen LogP contribution in [0.3, 0.4) is 0 Å². The van der Waals surface area contributed by atoms with Gasteiger partial charge in [0.15, 0.2) is 0 Å². The molecule has 174 valence electrons. The van der Waals surface area contributed by atoms with Crippen molar-refractivity contribution in [2.45, 2.75) is 39.2 Å². The predicted molar refractivity (Wildman–Crippen MR) is 122 cm³/mol. The zero-order valence-corrected chi connectivity index (χ0v) is 19.3. The summed E-state index contributed by atoms with van der Waals surface area (Å²) < 4.78 is 21.7. The van der Waals surface area contributed by atoms with Gasteiger partial charge in [0.1, 0.15) is 23.9 Å². The van der Waals surface area contributed by atoms with E-state index in [0.29, 0.717) is 38.7 Å². The largest absolute Gasteiger partial charge is 0.491 e. The van der Waals surface area contributed by atoms with Gasteiger partial charge in [0.25, 0.3) is 0 Å². The van der Waals surface area contributed by atoms with Crippen LogP contribution < -0.4 is 10.1 Å². The van der Waals surface area contributed by atoms with Gasteiger partial charge < -0.3 is 24.3 Å². The lowest BCUT2D eigenvalue weighted by molar-refractivity contribution is -0.143. The highest BCUT2D eigenvalue weighted by Gasteiger charge is 2.24. The second kappa shape index (κ2) is 12.7. The van der Waals surface area contributed by atoms with Gasteiger partial charge in [-0.05, 0) is 51.0 Å². The van der Waals surface area contributed by atoms with E-state index in [-0.39, 0.29) is 5.97 Å². The molecular formula is C25H33NO6. The number of rotatable bonds is 11. The SMILES string of the molecule is CCOC(=O)C(c1ccccc1)c1cccc(OCCOCCNC(=O)OC(C)(C)C)c1. The van der Waals surface area contributed by atoms with E-state index in [1.54, 1.807) is 6.92 Å². The van der Waals surface area contributed by atoms with Crippen LogP contribution in [0.1, 0.15) is 44.7 Å². The zero-order chi connectivity index (χ0) is 23.4. The van der Waals surface area contributed by atoms with Gasteiger partial charge in [0.05, 0.1) is 19.8 Å². The first-order chi connectivity index (χ1) is 15.3. The van der Waals surface area contributed by atoms with E-state index in [1.807, 2.05) is 75.4 Å². The van der Waals surface area contributed by atoms with Crippen molar-refractivity contribution < 1.29 is 28.5 Å². The molecule has 1 amide bonds. The van der Waals surface area contributed by atoms with Crippen LogP contribution in [0.4, 0.5) is 4.79 Å². The van der Waals surface area contributed by atoms with Crippen molar-refractivity contribution in [2.75, 3.05) is 33.0 Å². The number of hydrogen-bond donors (Lipinski definition) is 1. The molecule has 7 heteroatoms. The summed E-state index contributed by atoms with van der Waals surface area (Å²) in [5, 5.41) is 2.63. The third-order valence-corrected chi connectivity index (χ3v) is 4.26. The van der Waals surface area contributed by atoms with Crippen molar-refractivity contribution in [1.29, 1.82) is 0 Å². The number of nitrogens with one attached hydrogen (secondary N) is 1. The molecular weight excluding hydrogens is 410 g/mol. The number of amides is 1. The number of carbonyl (C=O) groups excluding carboxylic acids is 2. The number of carbonyl (C=O) groups is 2. The maximum absolute atomic E-state index is 12.6. The summed E-state index contributed by atoms with van der Waals surface area (Å²) in [6, 6.07) is 17.0. The Hall–Kier alpha value is -3.06. The molecule has 0 aliphatic rings. The molecule has 0 spiro atoms. The van der Waals surface area contributed by atoms with Crippen molar-refractivity contribution >= 4 is 12.1 Å². The van der Waals surface area contributed by atoms with Gasteiger partial charge in [-0.25, -0.2) is 4.79 Å². The molecule has 0 aromatic heterocycles. The molecule has 0 fully saturated rings. The van der Waals surface area contributed by atoms with Gasteiger partial charge in [0, 0.05) is 6.54 Å². The maximum Gasteiger partial charge on any atom is 0.407 e. The molecule has 2 rings (SSSR count). The molecule has 0 heterocycles. The maximum atomic E-state index is 12.6. The molecule has 0 aliphatic carbocycles. The molecule has 0 bridgehead atoms. The Morgan fingerprint density at radius 2 is 1.66 bits per heavy atom. The highest BCUT2D eigenvalue weighted by atomic mass is 16.6. The summed E-state index contributed by atoms with van der Waals surface area (Å²) >= 11 is 0. The Morgan fingerprint density at radius 3 is 2.34 bits per heavy atom. The fourth-order valence-electron chi connectivity index (χ4n) is 2.98. The quantitative estimate of drug-likeness (QED) is 0.412. The number of benzene rings is 2. The van der Waals surface area contributed by atoms with Crippen LogP contribution in [-0.4, -0.2) is 50.6 Å². The fourth-order valence-corrected chi connectivity index (χ4v) is 2.98. The van der Waals surface area contributed by atoms with Crippen molar-refractivity contribution in [3.8, 4) is 5.75 Å². The summed E-state index contributed by atoms with van der Waals surface area (Å²) in [6.45, 7) is 8.94. The fraction of sp³-hybridized carbons (Fsp3) is 0.440. The third-order valence-electron chi connectivity index (χ3n) is 4.26. The second-order valence-electron chi connectivity index (χ2n) is 8.06. The second-order valence-corrected chi connectivity index (χ2v) is 8.06. The van der Waals surface area contributed by atoms with E-state index >= 15 is 0 Å². The van der Waals surface area contributed by atoms with E-state index < -0.39 is 17.6 Å².